The Morgan fingerprint density at radius 2 is 1.64 bits per heavy atom. The maximum absolute atomic E-state index is 13.1. The van der Waals surface area contributed by atoms with E-state index >= 15 is 0 Å². The van der Waals surface area contributed by atoms with Gasteiger partial charge in [-0.25, -0.2) is 0 Å². The molecular formula is C40H49N9O4. The van der Waals surface area contributed by atoms with Crippen LogP contribution in [0, 0.1) is 23.7 Å². The summed E-state index contributed by atoms with van der Waals surface area (Å²) in [6.45, 7) is 11.5. The highest BCUT2D eigenvalue weighted by Gasteiger charge is 2.56. The number of anilines is 1. The van der Waals surface area contributed by atoms with Gasteiger partial charge in [0.25, 0.3) is 5.91 Å². The molecule has 7 heterocycles. The van der Waals surface area contributed by atoms with Crippen molar-refractivity contribution in [2.45, 2.75) is 44.3 Å². The van der Waals surface area contributed by atoms with Crippen molar-refractivity contribution in [3.05, 3.63) is 76.7 Å². The van der Waals surface area contributed by atoms with E-state index in [4.69, 9.17) is 0 Å². The summed E-state index contributed by atoms with van der Waals surface area (Å²) in [6, 6.07) is 13.4. The number of hydrazine groups is 1. The maximum atomic E-state index is 13.1. The Balaban J connectivity index is 0.677. The molecule has 2 unspecified atom stereocenters. The molecule has 7 aliphatic heterocycles. The second kappa shape index (κ2) is 13.0. The molecule has 13 heteroatoms. The van der Waals surface area contributed by atoms with Crippen molar-refractivity contribution in [3.63, 3.8) is 0 Å². The fourth-order valence-electron chi connectivity index (χ4n) is 10.4. The van der Waals surface area contributed by atoms with E-state index in [0.29, 0.717) is 24.6 Å². The highest BCUT2D eigenvalue weighted by atomic mass is 16.3. The van der Waals surface area contributed by atoms with Gasteiger partial charge in [-0.2, -0.15) is 0 Å². The molecule has 53 heavy (non-hydrogen) atoms. The first-order valence-electron chi connectivity index (χ1n) is 19.6. The van der Waals surface area contributed by atoms with Gasteiger partial charge in [0, 0.05) is 95.2 Å². The number of fused-ring (bicyclic) bond motifs is 4. The smallest absolute Gasteiger partial charge is 0.255 e. The van der Waals surface area contributed by atoms with Gasteiger partial charge in [0.1, 0.15) is 17.6 Å². The second-order valence-electron chi connectivity index (χ2n) is 16.5. The first-order valence-corrected chi connectivity index (χ1v) is 19.6. The number of amides is 3. The van der Waals surface area contributed by atoms with Crippen LogP contribution < -0.4 is 26.4 Å². The van der Waals surface area contributed by atoms with Gasteiger partial charge in [-0.15, -0.1) is 0 Å². The van der Waals surface area contributed by atoms with Crippen LogP contribution in [0.15, 0.2) is 60.1 Å². The van der Waals surface area contributed by atoms with Crippen LogP contribution in [0.3, 0.4) is 0 Å². The second-order valence-corrected chi connectivity index (χ2v) is 16.5. The van der Waals surface area contributed by atoms with E-state index < -0.39 is 6.04 Å². The number of phenolic OH excluding ortho intramolecular Hbond substituents is 1. The van der Waals surface area contributed by atoms with Crippen molar-refractivity contribution in [2.24, 2.45) is 23.7 Å². The predicted octanol–water partition coefficient (Wildman–Crippen LogP) is 1.45. The number of carbonyl (C=O) groups excluding carboxylic acids is 3. The lowest BCUT2D eigenvalue weighted by atomic mass is 9.95. The molecule has 5 atom stereocenters. The fourth-order valence-corrected chi connectivity index (χ4v) is 10.4. The number of nitrogens with zero attached hydrogens (tertiary/aromatic N) is 5. The Bertz CT molecular complexity index is 1890. The van der Waals surface area contributed by atoms with Crippen molar-refractivity contribution in [2.75, 3.05) is 70.3 Å². The molecule has 8 aliphatic rings. The molecule has 10 rings (SSSR count). The lowest BCUT2D eigenvalue weighted by Crippen LogP contribution is -2.61. The number of hydrogen-bond acceptors (Lipinski definition) is 11. The summed E-state index contributed by atoms with van der Waals surface area (Å²) in [6.07, 6.45) is 5.18. The highest BCUT2D eigenvalue weighted by Crippen LogP contribution is 2.52. The SMILES string of the molecule is O=C1CCC(N2Cc3cc(N4CCC(CN5C[C@@H]6C(CN7CCN8C9=C(NC[C@H]8C7)NNC(c7ccccc7O)=C9)[C@@H]6C5)CC4)ccc3C2=O)C(=O)N1. The average Bonchev–Trinajstić information content (AvgIpc) is 3.44. The molecule has 1 aliphatic carbocycles. The summed E-state index contributed by atoms with van der Waals surface area (Å²) in [7, 11) is 0. The summed E-state index contributed by atoms with van der Waals surface area (Å²) in [4.78, 5) is 49.3. The maximum Gasteiger partial charge on any atom is 0.255 e. The summed E-state index contributed by atoms with van der Waals surface area (Å²) < 4.78 is 0. The molecule has 13 nitrogen and oxygen atoms in total. The van der Waals surface area contributed by atoms with E-state index in [1.165, 1.54) is 44.7 Å². The average molecular weight is 720 g/mol. The number of carbonyl (C=O) groups is 3. The molecule has 278 valence electrons. The third-order valence-electron chi connectivity index (χ3n) is 13.4. The number of likely N-dealkylation sites (tertiary alicyclic amines) is 1. The number of benzene rings is 2. The van der Waals surface area contributed by atoms with Gasteiger partial charge in [0.15, 0.2) is 0 Å². The van der Waals surface area contributed by atoms with Crippen molar-refractivity contribution in [1.29, 1.82) is 0 Å². The number of para-hydroxylation sites is 1. The zero-order valence-electron chi connectivity index (χ0n) is 30.1. The monoisotopic (exact) mass is 719 g/mol. The van der Waals surface area contributed by atoms with Crippen LogP contribution in [0.5, 0.6) is 5.75 Å². The number of aromatic hydroxyl groups is 1. The fraction of sp³-hybridized carbons (Fsp3) is 0.525. The van der Waals surface area contributed by atoms with Crippen molar-refractivity contribution in [3.8, 4) is 5.75 Å². The van der Waals surface area contributed by atoms with E-state index in [1.807, 2.05) is 24.3 Å². The molecular weight excluding hydrogens is 670 g/mol. The molecule has 4 saturated heterocycles. The Kier molecular flexibility index (Phi) is 8.05. The molecule has 2 aromatic rings. The zero-order valence-corrected chi connectivity index (χ0v) is 30.1. The third kappa shape index (κ3) is 5.97. The molecule has 3 amide bonds. The minimum atomic E-state index is -0.576. The van der Waals surface area contributed by atoms with Crippen molar-refractivity contribution >= 4 is 29.1 Å². The topological polar surface area (TPSA) is 136 Å². The van der Waals surface area contributed by atoms with Gasteiger partial charge >= 0.3 is 0 Å². The number of imide groups is 1. The van der Waals surface area contributed by atoms with Crippen LogP contribution in [0.1, 0.15) is 47.2 Å². The minimum Gasteiger partial charge on any atom is -0.507 e. The van der Waals surface area contributed by atoms with Crippen LogP contribution in [0.4, 0.5) is 5.69 Å². The van der Waals surface area contributed by atoms with Gasteiger partial charge in [-0.1, -0.05) is 12.1 Å². The van der Waals surface area contributed by atoms with Crippen LogP contribution >= 0.6 is 0 Å². The quantitative estimate of drug-likeness (QED) is 0.267. The molecule has 1 saturated carbocycles. The van der Waals surface area contributed by atoms with Gasteiger partial charge in [-0.3, -0.25) is 35.5 Å². The van der Waals surface area contributed by atoms with Crippen LogP contribution in [-0.2, 0) is 16.1 Å². The Labute approximate surface area is 310 Å². The predicted molar refractivity (Wildman–Crippen MR) is 199 cm³/mol. The summed E-state index contributed by atoms with van der Waals surface area (Å²) in [5.74, 6) is 3.79. The number of piperazine rings is 1. The van der Waals surface area contributed by atoms with Gasteiger partial charge < -0.3 is 30.0 Å². The normalized spacial score (nSPS) is 30.1. The van der Waals surface area contributed by atoms with Gasteiger partial charge in [-0.05, 0) is 84.9 Å². The standard InChI is InChI=1S/C40H49N9O4/c50-36-4-2-1-3-29(36)33-16-35-38(44-43-33)41-17-27-20-45(13-14-48(27)35)21-30-31-22-46(23-32(30)31)18-24-9-11-47(12-10-24)26-5-6-28-25(15-26)19-49(40(28)53)34-7-8-37(51)42-39(34)52/h1-6,15-16,24,27,30-32,34,41,43-44,50H,7-14,17-23H2,(H,42,51,52)/t27-,30?,31-,32+,34?/m0/s1. The van der Waals surface area contributed by atoms with Gasteiger partial charge in [0.2, 0.25) is 11.8 Å². The number of hydrogen-bond donors (Lipinski definition) is 5. The third-order valence-corrected chi connectivity index (χ3v) is 13.4. The number of allylic oxidation sites excluding steroid dienone is 1. The minimum absolute atomic E-state index is 0.111. The molecule has 0 bridgehead atoms. The molecule has 5 N–H and O–H groups in total. The Morgan fingerprint density at radius 3 is 2.45 bits per heavy atom. The lowest BCUT2D eigenvalue weighted by molar-refractivity contribution is -0.136. The highest BCUT2D eigenvalue weighted by molar-refractivity contribution is 6.05. The summed E-state index contributed by atoms with van der Waals surface area (Å²) in [5, 5.41) is 16.4. The lowest BCUT2D eigenvalue weighted by Gasteiger charge is -2.48. The Hall–Kier alpha value is -4.75. The first kappa shape index (κ1) is 32.9. The first-order chi connectivity index (χ1) is 25.9. The van der Waals surface area contributed by atoms with E-state index in [1.54, 1.807) is 11.0 Å². The number of piperidine rings is 3. The van der Waals surface area contributed by atoms with Gasteiger partial charge in [0.05, 0.1) is 17.4 Å². The largest absolute Gasteiger partial charge is 0.507 e. The molecule has 0 spiro atoms. The molecule has 0 aromatic heterocycles. The zero-order chi connectivity index (χ0) is 35.8. The number of rotatable bonds is 7. The van der Waals surface area contributed by atoms with Crippen molar-refractivity contribution in [1.82, 2.24) is 41.1 Å². The summed E-state index contributed by atoms with van der Waals surface area (Å²) in [5.41, 5.74) is 12.2. The van der Waals surface area contributed by atoms with E-state index in [2.05, 4.69) is 59.3 Å². The van der Waals surface area contributed by atoms with E-state index in [0.717, 1.165) is 91.3 Å². The van der Waals surface area contributed by atoms with Crippen LogP contribution in [0.25, 0.3) is 5.70 Å². The molecule has 5 fully saturated rings. The number of phenols is 1. The van der Waals surface area contributed by atoms with Crippen LogP contribution in [0.2, 0.25) is 0 Å². The van der Waals surface area contributed by atoms with Crippen LogP contribution in [-0.4, -0.2) is 120 Å². The van der Waals surface area contributed by atoms with E-state index in [-0.39, 0.29) is 29.9 Å². The molecule has 0 radical (unpaired) electrons. The summed E-state index contributed by atoms with van der Waals surface area (Å²) >= 11 is 0. The number of nitrogens with one attached hydrogen (secondary N) is 4. The van der Waals surface area contributed by atoms with E-state index in [9.17, 15) is 19.5 Å². The Morgan fingerprint density at radius 1 is 0.811 bits per heavy atom. The molecule has 2 aromatic carbocycles. The van der Waals surface area contributed by atoms with Crippen molar-refractivity contribution < 1.29 is 19.5 Å².